The summed E-state index contributed by atoms with van der Waals surface area (Å²) in [6.07, 6.45) is 2.42. The molecule has 0 aliphatic carbocycles. The molecule has 36 heavy (non-hydrogen) atoms. The lowest BCUT2D eigenvalue weighted by atomic mass is 9.94. The molecule has 0 N–H and O–H groups in total. The second kappa shape index (κ2) is 10.3. The molecule has 1 aromatic heterocycles. The van der Waals surface area contributed by atoms with Crippen molar-refractivity contribution < 1.29 is 17.9 Å². The number of carbonyl (C=O) groups excluding carboxylic acids is 1. The molecule has 192 valence electrons. The summed E-state index contributed by atoms with van der Waals surface area (Å²) in [5.41, 5.74) is 1.25. The summed E-state index contributed by atoms with van der Waals surface area (Å²) in [5, 5.41) is 1.20. The number of hydrogen-bond acceptors (Lipinski definition) is 6. The first-order valence-corrected chi connectivity index (χ1v) is 15.0. The van der Waals surface area contributed by atoms with Crippen molar-refractivity contribution in [1.82, 2.24) is 14.2 Å². The van der Waals surface area contributed by atoms with E-state index in [-0.39, 0.29) is 16.9 Å². The molecule has 2 saturated heterocycles. The standard InChI is InChI=1S/C26H30ClN3O4S2/c1-17-14-18(2)16-30(15-17)36(32,33)21-8-6-19(7-9-21)25(31)29-12-10-20(11-13-29)34-26-28-24-22(27)4-3-5-23(24)35-26/h3-9,17-18,20H,10-16H2,1-2H3. The highest BCUT2D eigenvalue weighted by Crippen LogP contribution is 2.33. The van der Waals surface area contributed by atoms with Gasteiger partial charge in [-0.25, -0.2) is 13.4 Å². The highest BCUT2D eigenvalue weighted by atomic mass is 35.5. The first-order valence-electron chi connectivity index (χ1n) is 12.3. The van der Waals surface area contributed by atoms with E-state index < -0.39 is 10.0 Å². The fourth-order valence-electron chi connectivity index (χ4n) is 5.17. The lowest BCUT2D eigenvalue weighted by Crippen LogP contribution is -2.42. The van der Waals surface area contributed by atoms with Crippen LogP contribution in [0.4, 0.5) is 0 Å². The van der Waals surface area contributed by atoms with Crippen LogP contribution in [0.2, 0.25) is 5.02 Å². The van der Waals surface area contributed by atoms with Crippen LogP contribution in [0, 0.1) is 11.8 Å². The summed E-state index contributed by atoms with van der Waals surface area (Å²) in [6, 6.07) is 12.0. The highest BCUT2D eigenvalue weighted by Gasteiger charge is 2.32. The van der Waals surface area contributed by atoms with Gasteiger partial charge in [0.05, 0.1) is 14.6 Å². The van der Waals surface area contributed by atoms with Gasteiger partial charge in [-0.2, -0.15) is 4.31 Å². The van der Waals surface area contributed by atoms with Crippen molar-refractivity contribution >= 4 is 49.1 Å². The molecule has 2 unspecified atom stereocenters. The highest BCUT2D eigenvalue weighted by molar-refractivity contribution is 7.89. The topological polar surface area (TPSA) is 79.8 Å². The average Bonchev–Trinajstić information content (AvgIpc) is 3.27. The number of hydrogen-bond donors (Lipinski definition) is 0. The van der Waals surface area contributed by atoms with Crippen molar-refractivity contribution in [3.05, 3.63) is 53.1 Å². The van der Waals surface area contributed by atoms with Crippen LogP contribution in [0.25, 0.3) is 10.2 Å². The maximum absolute atomic E-state index is 13.1. The molecule has 0 bridgehead atoms. The smallest absolute Gasteiger partial charge is 0.274 e. The molecule has 0 saturated carbocycles. The van der Waals surface area contributed by atoms with Crippen LogP contribution in [-0.2, 0) is 10.0 Å². The molecule has 2 aliphatic rings. The predicted molar refractivity (Wildman–Crippen MR) is 142 cm³/mol. The predicted octanol–water partition coefficient (Wildman–Crippen LogP) is 5.30. The van der Waals surface area contributed by atoms with Crippen LogP contribution in [-0.4, -0.2) is 60.8 Å². The van der Waals surface area contributed by atoms with E-state index in [1.165, 1.54) is 11.3 Å². The number of ether oxygens (including phenoxy) is 1. The lowest BCUT2D eigenvalue weighted by molar-refractivity contribution is 0.0595. The Hall–Kier alpha value is -2.20. The zero-order valence-electron chi connectivity index (χ0n) is 20.4. The summed E-state index contributed by atoms with van der Waals surface area (Å²) in [5.74, 6) is 0.580. The monoisotopic (exact) mass is 547 g/mol. The molecule has 2 aliphatic heterocycles. The number of halogens is 1. The van der Waals surface area contributed by atoms with Crippen LogP contribution in [0.3, 0.4) is 0 Å². The van der Waals surface area contributed by atoms with Gasteiger partial charge in [-0.15, -0.1) is 0 Å². The second-order valence-electron chi connectivity index (χ2n) is 9.97. The van der Waals surface area contributed by atoms with Crippen molar-refractivity contribution in [2.75, 3.05) is 26.2 Å². The molecule has 2 fully saturated rings. The van der Waals surface area contributed by atoms with Crippen LogP contribution in [0.15, 0.2) is 47.4 Å². The first-order chi connectivity index (χ1) is 17.2. The van der Waals surface area contributed by atoms with E-state index in [0.717, 1.165) is 16.6 Å². The molecule has 5 rings (SSSR count). The van der Waals surface area contributed by atoms with Gasteiger partial charge in [0.25, 0.3) is 11.1 Å². The van der Waals surface area contributed by atoms with Gasteiger partial charge in [-0.3, -0.25) is 4.79 Å². The molecule has 2 atom stereocenters. The van der Waals surface area contributed by atoms with Gasteiger partial charge in [-0.1, -0.05) is 42.9 Å². The fourth-order valence-corrected chi connectivity index (χ4v) is 8.03. The van der Waals surface area contributed by atoms with Crippen LogP contribution < -0.4 is 4.74 Å². The van der Waals surface area contributed by atoms with E-state index >= 15 is 0 Å². The maximum Gasteiger partial charge on any atom is 0.274 e. The number of rotatable bonds is 5. The Morgan fingerprint density at radius 3 is 2.36 bits per heavy atom. The first kappa shape index (κ1) is 25.4. The Morgan fingerprint density at radius 1 is 1.06 bits per heavy atom. The number of amides is 1. The summed E-state index contributed by atoms with van der Waals surface area (Å²) in [4.78, 5) is 19.6. The van der Waals surface area contributed by atoms with E-state index in [4.69, 9.17) is 16.3 Å². The Morgan fingerprint density at radius 2 is 1.72 bits per heavy atom. The number of aromatic nitrogens is 1. The van der Waals surface area contributed by atoms with E-state index in [9.17, 15) is 13.2 Å². The van der Waals surface area contributed by atoms with E-state index in [2.05, 4.69) is 18.8 Å². The molecule has 0 radical (unpaired) electrons. The average molecular weight is 548 g/mol. The summed E-state index contributed by atoms with van der Waals surface area (Å²) < 4.78 is 34.9. The number of para-hydroxylation sites is 1. The Labute approximate surface area is 221 Å². The van der Waals surface area contributed by atoms with Gasteiger partial charge >= 0.3 is 0 Å². The molecule has 2 aromatic carbocycles. The SMILES string of the molecule is CC1CC(C)CN(S(=O)(=O)c2ccc(C(=O)N3CCC(Oc4nc5c(Cl)cccc5s4)CC3)cc2)C1. The molecular weight excluding hydrogens is 518 g/mol. The van der Waals surface area contributed by atoms with Crippen molar-refractivity contribution in [2.45, 2.75) is 44.1 Å². The summed E-state index contributed by atoms with van der Waals surface area (Å²) >= 11 is 7.69. The molecule has 0 spiro atoms. The summed E-state index contributed by atoms with van der Waals surface area (Å²) in [6.45, 7) is 6.38. The number of thiazole rings is 1. The maximum atomic E-state index is 13.1. The number of piperidine rings is 2. The number of carbonyl (C=O) groups is 1. The molecule has 3 heterocycles. The molecule has 10 heteroatoms. The third-order valence-corrected chi connectivity index (χ3v) is 9.98. The number of fused-ring (bicyclic) bond motifs is 1. The second-order valence-corrected chi connectivity index (χ2v) is 13.3. The number of nitrogens with zero attached hydrogens (tertiary/aromatic N) is 3. The largest absolute Gasteiger partial charge is 0.467 e. The van der Waals surface area contributed by atoms with E-state index in [1.807, 2.05) is 18.2 Å². The van der Waals surface area contributed by atoms with Gasteiger partial charge in [0, 0.05) is 44.6 Å². The zero-order chi connectivity index (χ0) is 25.4. The van der Waals surface area contributed by atoms with Gasteiger partial charge < -0.3 is 9.64 Å². The molecule has 3 aromatic rings. The van der Waals surface area contributed by atoms with E-state index in [1.54, 1.807) is 33.5 Å². The summed E-state index contributed by atoms with van der Waals surface area (Å²) in [7, 11) is -3.57. The van der Waals surface area contributed by atoms with E-state index in [0.29, 0.717) is 66.6 Å². The quantitative estimate of drug-likeness (QED) is 0.433. The fraction of sp³-hybridized carbons (Fsp3) is 0.462. The molecule has 7 nitrogen and oxygen atoms in total. The minimum absolute atomic E-state index is 0.0183. The van der Waals surface area contributed by atoms with Crippen molar-refractivity contribution in [3.8, 4) is 5.19 Å². The minimum atomic E-state index is -3.57. The van der Waals surface area contributed by atoms with Gasteiger partial charge in [0.15, 0.2) is 0 Å². The Balaban J connectivity index is 1.19. The Bertz CT molecular complexity index is 1340. The van der Waals surface area contributed by atoms with Crippen LogP contribution in [0.1, 0.15) is 43.5 Å². The van der Waals surface area contributed by atoms with Crippen LogP contribution >= 0.6 is 22.9 Å². The van der Waals surface area contributed by atoms with Gasteiger partial charge in [0.2, 0.25) is 10.0 Å². The van der Waals surface area contributed by atoms with Crippen molar-refractivity contribution in [3.63, 3.8) is 0 Å². The van der Waals surface area contributed by atoms with Gasteiger partial charge in [-0.05, 0) is 54.7 Å². The number of benzene rings is 2. The van der Waals surface area contributed by atoms with Crippen LogP contribution in [0.5, 0.6) is 5.19 Å². The third kappa shape index (κ3) is 5.25. The third-order valence-electron chi connectivity index (χ3n) is 6.92. The zero-order valence-corrected chi connectivity index (χ0v) is 22.8. The Kier molecular flexibility index (Phi) is 7.27. The normalized spacial score (nSPS) is 22.1. The number of sulfonamides is 1. The lowest BCUT2D eigenvalue weighted by Gasteiger charge is -2.34. The van der Waals surface area contributed by atoms with Crippen molar-refractivity contribution in [1.29, 1.82) is 0 Å². The molecular formula is C26H30ClN3O4S2. The van der Waals surface area contributed by atoms with Crippen molar-refractivity contribution in [2.24, 2.45) is 11.8 Å². The molecule has 1 amide bonds. The van der Waals surface area contributed by atoms with Gasteiger partial charge in [0.1, 0.15) is 11.6 Å². The number of likely N-dealkylation sites (tertiary alicyclic amines) is 1. The minimum Gasteiger partial charge on any atom is -0.467 e.